The van der Waals surface area contributed by atoms with E-state index in [0.29, 0.717) is 5.69 Å². The molecule has 0 aliphatic carbocycles. The standard InChI is InChI=1S/C12H16N2O7/c15-5-8(16)11-9(17)10(18)12(21-11)13-6-2-1-3-7(4-6)14(19)20/h1-4,8-13,15-18H,5H2/t8-,9+,10+,11+,12-/m1/s1. The Balaban J connectivity index is 2.09. The number of nitro benzene ring substituents is 1. The molecule has 1 aromatic carbocycles. The van der Waals surface area contributed by atoms with Crippen LogP contribution in [-0.2, 0) is 4.74 Å². The van der Waals surface area contributed by atoms with Gasteiger partial charge in [-0.05, 0) is 6.07 Å². The predicted octanol–water partition coefficient (Wildman–Crippen LogP) is -1.19. The van der Waals surface area contributed by atoms with Crippen molar-refractivity contribution < 1.29 is 30.1 Å². The summed E-state index contributed by atoms with van der Waals surface area (Å²) in [6, 6.07) is 5.55. The smallest absolute Gasteiger partial charge is 0.271 e. The highest BCUT2D eigenvalue weighted by Gasteiger charge is 2.45. The summed E-state index contributed by atoms with van der Waals surface area (Å²) < 4.78 is 5.25. The summed E-state index contributed by atoms with van der Waals surface area (Å²) in [7, 11) is 0. The molecule has 1 fully saturated rings. The first-order chi connectivity index (χ1) is 9.93. The lowest BCUT2D eigenvalue weighted by molar-refractivity contribution is -0.384. The van der Waals surface area contributed by atoms with Gasteiger partial charge in [-0.2, -0.15) is 0 Å². The lowest BCUT2D eigenvalue weighted by Gasteiger charge is -2.19. The topological polar surface area (TPSA) is 145 Å². The Labute approximate surface area is 119 Å². The molecule has 0 saturated carbocycles. The third-order valence-electron chi connectivity index (χ3n) is 3.23. The van der Waals surface area contributed by atoms with Gasteiger partial charge in [-0.3, -0.25) is 10.1 Å². The molecule has 0 unspecified atom stereocenters. The minimum atomic E-state index is -1.39. The van der Waals surface area contributed by atoms with Crippen LogP contribution in [0, 0.1) is 10.1 Å². The van der Waals surface area contributed by atoms with Gasteiger partial charge in [-0.15, -0.1) is 0 Å². The Bertz CT molecular complexity index is 512. The predicted molar refractivity (Wildman–Crippen MR) is 70.5 cm³/mol. The van der Waals surface area contributed by atoms with Crippen molar-refractivity contribution in [1.29, 1.82) is 0 Å². The van der Waals surface area contributed by atoms with Gasteiger partial charge < -0.3 is 30.5 Å². The number of hydrogen-bond acceptors (Lipinski definition) is 8. The van der Waals surface area contributed by atoms with Crippen LogP contribution in [0.3, 0.4) is 0 Å². The molecular weight excluding hydrogens is 284 g/mol. The van der Waals surface area contributed by atoms with Crippen LogP contribution in [0.4, 0.5) is 11.4 Å². The molecule has 0 bridgehead atoms. The SMILES string of the molecule is O=[N+]([O-])c1cccc(N[C@@H]2O[C@@H]([C@H](O)CO)[C@@H](O)[C@@H]2O)c1. The van der Waals surface area contributed by atoms with Crippen LogP contribution < -0.4 is 5.32 Å². The molecule has 5 N–H and O–H groups in total. The van der Waals surface area contributed by atoms with E-state index in [0.717, 1.165) is 0 Å². The number of nitrogens with zero attached hydrogens (tertiary/aromatic N) is 1. The number of rotatable bonds is 5. The lowest BCUT2D eigenvalue weighted by atomic mass is 10.1. The van der Waals surface area contributed by atoms with Crippen LogP contribution in [0.1, 0.15) is 0 Å². The number of anilines is 1. The van der Waals surface area contributed by atoms with E-state index in [1.807, 2.05) is 0 Å². The van der Waals surface area contributed by atoms with Gasteiger partial charge in [0.2, 0.25) is 0 Å². The van der Waals surface area contributed by atoms with Gasteiger partial charge in [0.1, 0.15) is 24.4 Å². The van der Waals surface area contributed by atoms with Gasteiger partial charge in [0.15, 0.2) is 6.23 Å². The van der Waals surface area contributed by atoms with Crippen LogP contribution in [0.5, 0.6) is 0 Å². The van der Waals surface area contributed by atoms with Crippen LogP contribution in [0.15, 0.2) is 24.3 Å². The number of nitrogens with one attached hydrogen (secondary N) is 1. The zero-order valence-corrected chi connectivity index (χ0v) is 10.9. The molecule has 1 aromatic rings. The van der Waals surface area contributed by atoms with Crippen molar-refractivity contribution in [3.8, 4) is 0 Å². The quantitative estimate of drug-likeness (QED) is 0.337. The Kier molecular flexibility index (Phi) is 4.70. The monoisotopic (exact) mass is 300 g/mol. The number of nitro groups is 1. The summed E-state index contributed by atoms with van der Waals surface area (Å²) in [5.41, 5.74) is 0.180. The van der Waals surface area contributed by atoms with Crippen molar-refractivity contribution in [2.75, 3.05) is 11.9 Å². The second-order valence-corrected chi connectivity index (χ2v) is 4.70. The van der Waals surface area contributed by atoms with Gasteiger partial charge in [0.25, 0.3) is 5.69 Å². The molecule has 21 heavy (non-hydrogen) atoms. The highest BCUT2D eigenvalue weighted by molar-refractivity contribution is 5.51. The molecule has 1 aliphatic heterocycles. The summed E-state index contributed by atoms with van der Waals surface area (Å²) >= 11 is 0. The molecule has 9 heteroatoms. The molecule has 0 aromatic heterocycles. The zero-order chi connectivity index (χ0) is 15.6. The van der Waals surface area contributed by atoms with Gasteiger partial charge >= 0.3 is 0 Å². The molecule has 9 nitrogen and oxygen atoms in total. The molecule has 1 heterocycles. The molecule has 1 aliphatic rings. The van der Waals surface area contributed by atoms with E-state index in [1.165, 1.54) is 24.3 Å². The van der Waals surface area contributed by atoms with Crippen molar-refractivity contribution >= 4 is 11.4 Å². The molecule has 1 saturated heterocycles. The second-order valence-electron chi connectivity index (χ2n) is 4.70. The average molecular weight is 300 g/mol. The number of ether oxygens (including phenoxy) is 1. The van der Waals surface area contributed by atoms with Crippen LogP contribution in [0.2, 0.25) is 0 Å². The first-order valence-corrected chi connectivity index (χ1v) is 6.25. The van der Waals surface area contributed by atoms with E-state index < -0.39 is 42.2 Å². The summed E-state index contributed by atoms with van der Waals surface area (Å²) in [4.78, 5) is 10.1. The van der Waals surface area contributed by atoms with Gasteiger partial charge in [0, 0.05) is 17.8 Å². The van der Waals surface area contributed by atoms with Gasteiger partial charge in [-0.1, -0.05) is 6.07 Å². The number of non-ortho nitro benzene ring substituents is 1. The van der Waals surface area contributed by atoms with Gasteiger partial charge in [0.05, 0.1) is 11.5 Å². The summed E-state index contributed by atoms with van der Waals surface area (Å²) in [5.74, 6) is 0. The van der Waals surface area contributed by atoms with Crippen molar-refractivity contribution in [3.63, 3.8) is 0 Å². The molecule has 0 radical (unpaired) electrons. The van der Waals surface area contributed by atoms with Crippen molar-refractivity contribution in [2.45, 2.75) is 30.6 Å². The summed E-state index contributed by atoms with van der Waals surface area (Å²) in [5, 5.41) is 51.3. The van der Waals surface area contributed by atoms with Crippen molar-refractivity contribution in [3.05, 3.63) is 34.4 Å². The van der Waals surface area contributed by atoms with Crippen molar-refractivity contribution in [1.82, 2.24) is 0 Å². The molecule has 2 rings (SSSR count). The minimum Gasteiger partial charge on any atom is -0.394 e. The second kappa shape index (κ2) is 6.33. The van der Waals surface area contributed by atoms with E-state index in [-0.39, 0.29) is 5.69 Å². The van der Waals surface area contributed by atoms with Gasteiger partial charge in [-0.25, -0.2) is 0 Å². The maximum Gasteiger partial charge on any atom is 0.271 e. The summed E-state index contributed by atoms with van der Waals surface area (Å²) in [6.07, 6.45) is -6.29. The fourth-order valence-corrected chi connectivity index (χ4v) is 2.12. The highest BCUT2D eigenvalue weighted by Crippen LogP contribution is 2.26. The highest BCUT2D eigenvalue weighted by atomic mass is 16.6. The largest absolute Gasteiger partial charge is 0.394 e. The summed E-state index contributed by atoms with van der Waals surface area (Å²) in [6.45, 7) is -0.627. The fraction of sp³-hybridized carbons (Fsp3) is 0.500. The minimum absolute atomic E-state index is 0.139. The third-order valence-corrected chi connectivity index (χ3v) is 3.23. The fourth-order valence-electron chi connectivity index (χ4n) is 2.12. The number of hydrogen-bond donors (Lipinski definition) is 5. The number of benzene rings is 1. The molecular formula is C12H16N2O7. The van der Waals surface area contributed by atoms with E-state index in [1.54, 1.807) is 0 Å². The first-order valence-electron chi connectivity index (χ1n) is 6.25. The van der Waals surface area contributed by atoms with Crippen LogP contribution >= 0.6 is 0 Å². The molecule has 0 spiro atoms. The third kappa shape index (κ3) is 3.28. The maximum atomic E-state index is 10.7. The first kappa shape index (κ1) is 15.6. The maximum absolute atomic E-state index is 10.7. The lowest BCUT2D eigenvalue weighted by Crippen LogP contribution is -2.40. The van der Waals surface area contributed by atoms with E-state index in [2.05, 4.69) is 5.32 Å². The van der Waals surface area contributed by atoms with E-state index in [9.17, 15) is 25.4 Å². The number of aliphatic hydroxyl groups excluding tert-OH is 4. The van der Waals surface area contributed by atoms with Crippen LogP contribution in [0.25, 0.3) is 0 Å². The van der Waals surface area contributed by atoms with Crippen molar-refractivity contribution in [2.24, 2.45) is 0 Å². The molecule has 116 valence electrons. The molecule has 5 atom stereocenters. The number of aliphatic hydroxyl groups is 4. The zero-order valence-electron chi connectivity index (χ0n) is 10.9. The van der Waals surface area contributed by atoms with Crippen LogP contribution in [-0.4, -0.2) is 62.6 Å². The Morgan fingerprint density at radius 3 is 2.71 bits per heavy atom. The average Bonchev–Trinajstić information content (AvgIpc) is 2.75. The Morgan fingerprint density at radius 1 is 1.38 bits per heavy atom. The normalized spacial score (nSPS) is 30.1. The van der Waals surface area contributed by atoms with E-state index >= 15 is 0 Å². The molecule has 0 amide bonds. The Hall–Kier alpha value is -1.78. The Morgan fingerprint density at radius 2 is 2.10 bits per heavy atom. The van der Waals surface area contributed by atoms with E-state index in [4.69, 9.17) is 9.84 Å².